The van der Waals surface area contributed by atoms with E-state index in [4.69, 9.17) is 11.6 Å². The summed E-state index contributed by atoms with van der Waals surface area (Å²) in [5, 5.41) is 21.7. The lowest BCUT2D eigenvalue weighted by atomic mass is 9.98. The highest BCUT2D eigenvalue weighted by molar-refractivity contribution is 6.30. The summed E-state index contributed by atoms with van der Waals surface area (Å²) in [5.41, 5.74) is 1.92. The van der Waals surface area contributed by atoms with Gasteiger partial charge in [0.05, 0.1) is 5.52 Å². The van der Waals surface area contributed by atoms with Crippen LogP contribution in [0.2, 0.25) is 5.02 Å². The standard InChI is InChI=1S/C27H28ClN5O3/c1-4-27(2,3)29-26(36)25(18-9-15-21(34)16-10-18)33(20-13-11-19(28)12-14-20)24(35)17-32-23-8-6-5-7-22(23)30-31-32/h5-16,25,34H,4,17H2,1-3H3,(H,29,36). The molecule has 2 amide bonds. The number of para-hydroxylation sites is 1. The van der Waals surface area contributed by atoms with E-state index in [-0.39, 0.29) is 24.1 Å². The van der Waals surface area contributed by atoms with Crippen molar-refractivity contribution in [2.75, 3.05) is 4.90 Å². The van der Waals surface area contributed by atoms with Gasteiger partial charge in [0.25, 0.3) is 0 Å². The molecular weight excluding hydrogens is 478 g/mol. The number of fused-ring (bicyclic) bond motifs is 1. The number of hydrogen-bond acceptors (Lipinski definition) is 5. The molecule has 1 aromatic heterocycles. The number of rotatable bonds is 8. The van der Waals surface area contributed by atoms with Gasteiger partial charge < -0.3 is 10.4 Å². The zero-order valence-corrected chi connectivity index (χ0v) is 21.1. The summed E-state index contributed by atoms with van der Waals surface area (Å²) in [7, 11) is 0. The van der Waals surface area contributed by atoms with Crippen LogP contribution < -0.4 is 10.2 Å². The predicted octanol–water partition coefficient (Wildman–Crippen LogP) is 4.87. The molecule has 186 valence electrons. The first-order valence-corrected chi connectivity index (χ1v) is 12.0. The minimum absolute atomic E-state index is 0.0604. The smallest absolute Gasteiger partial charge is 0.249 e. The third-order valence-corrected chi connectivity index (χ3v) is 6.39. The van der Waals surface area contributed by atoms with Gasteiger partial charge in [0.15, 0.2) is 0 Å². The summed E-state index contributed by atoms with van der Waals surface area (Å²) in [5.74, 6) is -0.653. The van der Waals surface area contributed by atoms with Crippen molar-refractivity contribution in [2.45, 2.75) is 45.3 Å². The second-order valence-electron chi connectivity index (χ2n) is 9.20. The van der Waals surface area contributed by atoms with Crippen molar-refractivity contribution in [2.24, 2.45) is 0 Å². The van der Waals surface area contributed by atoms with Gasteiger partial charge in [-0.15, -0.1) is 5.10 Å². The number of nitrogens with one attached hydrogen (secondary N) is 1. The van der Waals surface area contributed by atoms with Gasteiger partial charge in [-0.3, -0.25) is 14.5 Å². The third-order valence-electron chi connectivity index (χ3n) is 6.14. The minimum Gasteiger partial charge on any atom is -0.508 e. The Labute approximate surface area is 214 Å². The molecule has 8 nitrogen and oxygen atoms in total. The number of aromatic hydroxyl groups is 1. The lowest BCUT2D eigenvalue weighted by Gasteiger charge is -2.34. The monoisotopic (exact) mass is 505 g/mol. The molecular formula is C27H28ClN5O3. The zero-order valence-electron chi connectivity index (χ0n) is 20.4. The van der Waals surface area contributed by atoms with Gasteiger partial charge >= 0.3 is 0 Å². The molecule has 0 aliphatic rings. The highest BCUT2D eigenvalue weighted by atomic mass is 35.5. The van der Waals surface area contributed by atoms with Crippen LogP contribution >= 0.6 is 11.6 Å². The third kappa shape index (κ3) is 5.49. The van der Waals surface area contributed by atoms with Gasteiger partial charge in [-0.05, 0) is 74.4 Å². The first kappa shape index (κ1) is 25.2. The van der Waals surface area contributed by atoms with Gasteiger partial charge in [-0.25, -0.2) is 4.68 Å². The number of nitrogens with zero attached hydrogens (tertiary/aromatic N) is 4. The number of phenolic OH excluding ortho intramolecular Hbond substituents is 1. The molecule has 1 atom stereocenters. The molecule has 0 radical (unpaired) electrons. The molecule has 0 fully saturated rings. The van der Waals surface area contributed by atoms with E-state index in [2.05, 4.69) is 15.6 Å². The average Bonchev–Trinajstić information content (AvgIpc) is 3.26. The highest BCUT2D eigenvalue weighted by Gasteiger charge is 2.35. The van der Waals surface area contributed by atoms with E-state index in [0.29, 0.717) is 33.7 Å². The Morgan fingerprint density at radius 1 is 1.06 bits per heavy atom. The summed E-state index contributed by atoms with van der Waals surface area (Å²) < 4.78 is 1.52. The Hall–Kier alpha value is -3.91. The average molecular weight is 506 g/mol. The molecule has 4 aromatic rings. The molecule has 1 heterocycles. The van der Waals surface area contributed by atoms with E-state index >= 15 is 0 Å². The summed E-state index contributed by atoms with van der Waals surface area (Å²) in [6.45, 7) is 5.69. The molecule has 0 saturated carbocycles. The Morgan fingerprint density at radius 3 is 2.39 bits per heavy atom. The van der Waals surface area contributed by atoms with Crippen molar-refractivity contribution in [3.05, 3.63) is 83.4 Å². The van der Waals surface area contributed by atoms with Crippen molar-refractivity contribution >= 4 is 40.1 Å². The van der Waals surface area contributed by atoms with Crippen molar-refractivity contribution < 1.29 is 14.7 Å². The van der Waals surface area contributed by atoms with Crippen LogP contribution in [0.5, 0.6) is 5.75 Å². The second-order valence-corrected chi connectivity index (χ2v) is 9.63. The van der Waals surface area contributed by atoms with Crippen LogP contribution in [0.3, 0.4) is 0 Å². The Balaban J connectivity index is 1.81. The molecule has 4 rings (SSSR count). The molecule has 36 heavy (non-hydrogen) atoms. The lowest BCUT2D eigenvalue weighted by Crippen LogP contribution is -2.51. The number of benzene rings is 3. The van der Waals surface area contributed by atoms with E-state index in [0.717, 1.165) is 0 Å². The number of phenols is 1. The van der Waals surface area contributed by atoms with E-state index in [9.17, 15) is 14.7 Å². The van der Waals surface area contributed by atoms with Crippen LogP contribution in [0.15, 0.2) is 72.8 Å². The summed E-state index contributed by atoms with van der Waals surface area (Å²) in [6.07, 6.45) is 0.695. The number of amides is 2. The Kier molecular flexibility index (Phi) is 7.26. The van der Waals surface area contributed by atoms with Gasteiger partial charge in [0.2, 0.25) is 11.8 Å². The van der Waals surface area contributed by atoms with E-state index < -0.39 is 11.6 Å². The fraction of sp³-hybridized carbons (Fsp3) is 0.259. The summed E-state index contributed by atoms with van der Waals surface area (Å²) in [6, 6.07) is 19.4. The maximum atomic E-state index is 13.9. The SMILES string of the molecule is CCC(C)(C)NC(=O)C(c1ccc(O)cc1)N(C(=O)Cn1nnc2ccccc21)c1ccc(Cl)cc1. The lowest BCUT2D eigenvalue weighted by molar-refractivity contribution is -0.128. The van der Waals surface area contributed by atoms with Crippen LogP contribution in [0.4, 0.5) is 5.69 Å². The number of carbonyl (C=O) groups is 2. The minimum atomic E-state index is -1.01. The topological polar surface area (TPSA) is 100 Å². The molecule has 0 bridgehead atoms. The van der Waals surface area contributed by atoms with Gasteiger partial charge in [-0.1, -0.05) is 48.0 Å². The van der Waals surface area contributed by atoms with Crippen LogP contribution in [-0.4, -0.2) is 37.5 Å². The van der Waals surface area contributed by atoms with Gasteiger partial charge in [0, 0.05) is 16.2 Å². The highest BCUT2D eigenvalue weighted by Crippen LogP contribution is 2.31. The molecule has 0 aliphatic heterocycles. The van der Waals surface area contributed by atoms with Crippen molar-refractivity contribution in [3.8, 4) is 5.75 Å². The number of hydrogen-bond donors (Lipinski definition) is 2. The quantitative estimate of drug-likeness (QED) is 0.356. The first-order chi connectivity index (χ1) is 17.2. The number of halogens is 1. The van der Waals surface area contributed by atoms with Crippen LogP contribution in [-0.2, 0) is 16.1 Å². The van der Waals surface area contributed by atoms with Crippen LogP contribution in [0.25, 0.3) is 11.0 Å². The van der Waals surface area contributed by atoms with Crippen LogP contribution in [0.1, 0.15) is 38.8 Å². The number of anilines is 1. The first-order valence-electron chi connectivity index (χ1n) is 11.7. The molecule has 3 aromatic carbocycles. The largest absolute Gasteiger partial charge is 0.508 e. The van der Waals surface area contributed by atoms with E-state index in [1.807, 2.05) is 45.0 Å². The number of carbonyl (C=O) groups excluding carboxylic acids is 2. The number of aromatic nitrogens is 3. The zero-order chi connectivity index (χ0) is 25.9. The maximum absolute atomic E-state index is 13.9. The van der Waals surface area contributed by atoms with Crippen molar-refractivity contribution in [1.82, 2.24) is 20.3 Å². The molecule has 0 spiro atoms. The molecule has 0 aliphatic carbocycles. The molecule has 9 heteroatoms. The Morgan fingerprint density at radius 2 is 1.72 bits per heavy atom. The molecule has 2 N–H and O–H groups in total. The summed E-state index contributed by atoms with van der Waals surface area (Å²) in [4.78, 5) is 29.2. The van der Waals surface area contributed by atoms with Crippen LogP contribution in [0, 0.1) is 0 Å². The predicted molar refractivity (Wildman–Crippen MR) is 140 cm³/mol. The Bertz CT molecular complexity index is 1370. The van der Waals surface area contributed by atoms with Gasteiger partial charge in [-0.2, -0.15) is 0 Å². The summed E-state index contributed by atoms with van der Waals surface area (Å²) >= 11 is 6.13. The fourth-order valence-electron chi connectivity index (χ4n) is 3.84. The molecule has 1 unspecified atom stereocenters. The van der Waals surface area contributed by atoms with E-state index in [1.54, 1.807) is 36.4 Å². The second kappa shape index (κ2) is 10.4. The fourth-order valence-corrected chi connectivity index (χ4v) is 3.97. The van der Waals surface area contributed by atoms with Crippen molar-refractivity contribution in [1.29, 1.82) is 0 Å². The van der Waals surface area contributed by atoms with Crippen molar-refractivity contribution in [3.63, 3.8) is 0 Å². The van der Waals surface area contributed by atoms with E-state index in [1.165, 1.54) is 21.7 Å². The van der Waals surface area contributed by atoms with Gasteiger partial charge in [0.1, 0.15) is 23.9 Å². The normalized spacial score (nSPS) is 12.3. The maximum Gasteiger partial charge on any atom is 0.249 e. The molecule has 0 saturated heterocycles.